The molecule has 1 unspecified atom stereocenters. The predicted octanol–water partition coefficient (Wildman–Crippen LogP) is 3.49. The summed E-state index contributed by atoms with van der Waals surface area (Å²) in [6, 6.07) is 14.5. The SMILES string of the molecule is CC1CN(C=O)CCN1.CNc1cncc(Nc2ccc(-c3ccc(N4CCCC4=O)cc3)cn2)c1. The molecule has 2 aliphatic rings. The van der Waals surface area contributed by atoms with Gasteiger partial charge in [0, 0.05) is 63.1 Å². The molecule has 9 heteroatoms. The number of hydrogen-bond donors (Lipinski definition) is 3. The van der Waals surface area contributed by atoms with Crippen molar-refractivity contribution in [1.29, 1.82) is 0 Å². The Morgan fingerprint density at radius 1 is 1.03 bits per heavy atom. The maximum absolute atomic E-state index is 11.9. The number of pyridine rings is 2. The molecule has 9 nitrogen and oxygen atoms in total. The Morgan fingerprint density at radius 2 is 1.81 bits per heavy atom. The van der Waals surface area contributed by atoms with Gasteiger partial charge in [0.2, 0.25) is 12.3 Å². The molecule has 0 saturated carbocycles. The van der Waals surface area contributed by atoms with Crippen LogP contribution in [0.25, 0.3) is 11.1 Å². The average Bonchev–Trinajstić information content (AvgIpc) is 3.35. The molecule has 188 valence electrons. The van der Waals surface area contributed by atoms with Crippen LogP contribution in [0.2, 0.25) is 0 Å². The summed E-state index contributed by atoms with van der Waals surface area (Å²) in [7, 11) is 1.86. The molecule has 4 heterocycles. The number of piperazine rings is 1. The van der Waals surface area contributed by atoms with Crippen LogP contribution in [0, 0.1) is 0 Å². The third kappa shape index (κ3) is 6.57. The van der Waals surface area contributed by atoms with Gasteiger partial charge in [-0.15, -0.1) is 0 Å². The molecule has 1 aromatic carbocycles. The number of amides is 2. The zero-order valence-electron chi connectivity index (χ0n) is 20.8. The molecular formula is C27H33N7O2. The van der Waals surface area contributed by atoms with Crippen molar-refractivity contribution in [1.82, 2.24) is 20.2 Å². The van der Waals surface area contributed by atoms with E-state index >= 15 is 0 Å². The average molecular weight is 488 g/mol. The molecule has 2 fully saturated rings. The van der Waals surface area contributed by atoms with E-state index in [9.17, 15) is 9.59 Å². The lowest BCUT2D eigenvalue weighted by molar-refractivity contribution is -0.119. The van der Waals surface area contributed by atoms with Crippen LogP contribution in [-0.2, 0) is 9.59 Å². The zero-order chi connectivity index (χ0) is 25.3. The highest BCUT2D eigenvalue weighted by atomic mass is 16.2. The Morgan fingerprint density at radius 3 is 2.42 bits per heavy atom. The molecule has 2 amide bonds. The van der Waals surface area contributed by atoms with Gasteiger partial charge in [0.15, 0.2) is 0 Å². The van der Waals surface area contributed by atoms with Gasteiger partial charge in [-0.05, 0) is 49.2 Å². The zero-order valence-corrected chi connectivity index (χ0v) is 20.8. The van der Waals surface area contributed by atoms with E-state index in [2.05, 4.69) is 32.8 Å². The number of nitrogens with zero attached hydrogens (tertiary/aromatic N) is 4. The van der Waals surface area contributed by atoms with E-state index in [0.717, 1.165) is 73.0 Å². The Balaban J connectivity index is 0.000000286. The molecule has 3 aromatic rings. The van der Waals surface area contributed by atoms with Gasteiger partial charge >= 0.3 is 0 Å². The van der Waals surface area contributed by atoms with Gasteiger partial charge < -0.3 is 25.8 Å². The minimum atomic E-state index is 0.205. The molecule has 0 radical (unpaired) electrons. The van der Waals surface area contributed by atoms with Crippen LogP contribution in [0.5, 0.6) is 0 Å². The molecule has 0 spiro atoms. The van der Waals surface area contributed by atoms with Crippen molar-refractivity contribution in [3.05, 3.63) is 61.1 Å². The minimum absolute atomic E-state index is 0.205. The molecule has 3 N–H and O–H groups in total. The van der Waals surface area contributed by atoms with Crippen molar-refractivity contribution in [3.63, 3.8) is 0 Å². The highest BCUT2D eigenvalue weighted by molar-refractivity contribution is 5.95. The summed E-state index contributed by atoms with van der Waals surface area (Å²) in [4.78, 5) is 34.4. The predicted molar refractivity (Wildman–Crippen MR) is 143 cm³/mol. The van der Waals surface area contributed by atoms with Gasteiger partial charge in [0.25, 0.3) is 0 Å². The maximum Gasteiger partial charge on any atom is 0.227 e. The van der Waals surface area contributed by atoms with Gasteiger partial charge in [-0.1, -0.05) is 12.1 Å². The number of anilines is 4. The van der Waals surface area contributed by atoms with E-state index in [1.807, 2.05) is 60.6 Å². The van der Waals surface area contributed by atoms with Crippen LogP contribution >= 0.6 is 0 Å². The molecule has 2 aliphatic heterocycles. The second-order valence-corrected chi connectivity index (χ2v) is 8.92. The first-order chi connectivity index (χ1) is 17.6. The van der Waals surface area contributed by atoms with Crippen LogP contribution in [0.4, 0.5) is 22.9 Å². The molecule has 0 aliphatic carbocycles. The van der Waals surface area contributed by atoms with Crippen molar-refractivity contribution in [2.24, 2.45) is 0 Å². The lowest BCUT2D eigenvalue weighted by Gasteiger charge is -2.28. The highest BCUT2D eigenvalue weighted by Crippen LogP contribution is 2.26. The monoisotopic (exact) mass is 487 g/mol. The van der Waals surface area contributed by atoms with Crippen molar-refractivity contribution >= 4 is 35.2 Å². The Bertz CT molecular complexity index is 1150. The molecular weight excluding hydrogens is 454 g/mol. The van der Waals surface area contributed by atoms with Crippen molar-refractivity contribution in [3.8, 4) is 11.1 Å². The van der Waals surface area contributed by atoms with Gasteiger partial charge in [-0.3, -0.25) is 14.6 Å². The van der Waals surface area contributed by atoms with Gasteiger partial charge in [0.1, 0.15) is 5.82 Å². The van der Waals surface area contributed by atoms with Crippen LogP contribution in [0.1, 0.15) is 19.8 Å². The second kappa shape index (κ2) is 12.1. The van der Waals surface area contributed by atoms with Crippen LogP contribution in [-0.4, -0.2) is 66.5 Å². The van der Waals surface area contributed by atoms with E-state index in [1.165, 1.54) is 0 Å². The molecule has 1 atom stereocenters. The standard InChI is InChI=1S/C21H21N5O.C6H12N2O/c1-22-17-11-18(14-23-13-17)25-20-9-6-16(12-24-20)15-4-7-19(8-5-15)26-10-2-3-21(26)27;1-6-4-8(5-9)3-2-7-6/h4-9,11-14,22H,2-3,10H2,1H3,(H,24,25);5-7H,2-4H2,1H3. The summed E-state index contributed by atoms with van der Waals surface area (Å²) >= 11 is 0. The van der Waals surface area contributed by atoms with Gasteiger partial charge in [-0.2, -0.15) is 0 Å². The third-order valence-electron chi connectivity index (χ3n) is 6.20. The Labute approximate surface area is 211 Å². The lowest BCUT2D eigenvalue weighted by Crippen LogP contribution is -2.48. The number of aromatic nitrogens is 2. The van der Waals surface area contributed by atoms with E-state index < -0.39 is 0 Å². The van der Waals surface area contributed by atoms with Gasteiger partial charge in [-0.25, -0.2) is 4.98 Å². The van der Waals surface area contributed by atoms with Crippen molar-refractivity contribution in [2.45, 2.75) is 25.8 Å². The largest absolute Gasteiger partial charge is 0.387 e. The summed E-state index contributed by atoms with van der Waals surface area (Å²) in [6.07, 6.45) is 7.86. The van der Waals surface area contributed by atoms with Crippen molar-refractivity contribution < 1.29 is 9.59 Å². The summed E-state index contributed by atoms with van der Waals surface area (Å²) in [5, 5.41) is 9.56. The first-order valence-corrected chi connectivity index (χ1v) is 12.2. The first-order valence-electron chi connectivity index (χ1n) is 12.2. The molecule has 2 aromatic heterocycles. The molecule has 36 heavy (non-hydrogen) atoms. The second-order valence-electron chi connectivity index (χ2n) is 8.92. The Kier molecular flexibility index (Phi) is 8.46. The molecule has 0 bridgehead atoms. The van der Waals surface area contributed by atoms with E-state index in [-0.39, 0.29) is 5.91 Å². The number of carbonyl (C=O) groups excluding carboxylic acids is 2. The fraction of sp³-hybridized carbons (Fsp3) is 0.333. The summed E-state index contributed by atoms with van der Waals surface area (Å²) in [5.74, 6) is 0.963. The van der Waals surface area contributed by atoms with E-state index in [1.54, 1.807) is 17.3 Å². The van der Waals surface area contributed by atoms with Crippen molar-refractivity contribution in [2.75, 3.05) is 48.8 Å². The quantitative estimate of drug-likeness (QED) is 0.458. The van der Waals surface area contributed by atoms with Crippen LogP contribution in [0.3, 0.4) is 0 Å². The molecule has 5 rings (SSSR count). The summed E-state index contributed by atoms with van der Waals surface area (Å²) < 4.78 is 0. The fourth-order valence-electron chi connectivity index (χ4n) is 4.24. The van der Waals surface area contributed by atoms with Crippen LogP contribution in [0.15, 0.2) is 61.1 Å². The number of nitrogens with one attached hydrogen (secondary N) is 3. The first kappa shape index (κ1) is 25.1. The number of rotatable bonds is 6. The number of carbonyl (C=O) groups is 2. The van der Waals surface area contributed by atoms with E-state index in [0.29, 0.717) is 12.5 Å². The normalized spacial score (nSPS) is 17.3. The fourth-order valence-corrected chi connectivity index (χ4v) is 4.24. The molecule has 2 saturated heterocycles. The van der Waals surface area contributed by atoms with E-state index in [4.69, 9.17) is 0 Å². The summed E-state index contributed by atoms with van der Waals surface area (Å²) in [6.45, 7) is 5.52. The number of hydrogen-bond acceptors (Lipinski definition) is 7. The minimum Gasteiger partial charge on any atom is -0.387 e. The van der Waals surface area contributed by atoms with Crippen LogP contribution < -0.4 is 20.9 Å². The number of benzene rings is 1. The van der Waals surface area contributed by atoms with Gasteiger partial charge in [0.05, 0.1) is 23.8 Å². The maximum atomic E-state index is 11.9. The highest BCUT2D eigenvalue weighted by Gasteiger charge is 2.21. The Hall–Kier alpha value is -3.98. The third-order valence-corrected chi connectivity index (χ3v) is 6.20. The topological polar surface area (TPSA) is 102 Å². The lowest BCUT2D eigenvalue weighted by atomic mass is 10.1. The smallest absolute Gasteiger partial charge is 0.227 e. The summed E-state index contributed by atoms with van der Waals surface area (Å²) in [5.41, 5.74) is 4.88.